The lowest BCUT2D eigenvalue weighted by molar-refractivity contribution is -0.0435. The predicted molar refractivity (Wildman–Crippen MR) is 126 cm³/mol. The summed E-state index contributed by atoms with van der Waals surface area (Å²) < 4.78 is 56.1. The molecule has 0 amide bonds. The minimum atomic E-state index is -4.79. The van der Waals surface area contributed by atoms with E-state index >= 15 is 0 Å². The van der Waals surface area contributed by atoms with Crippen molar-refractivity contribution in [2.75, 3.05) is 14.2 Å². The van der Waals surface area contributed by atoms with E-state index in [1.54, 1.807) is 37.3 Å². The highest BCUT2D eigenvalue weighted by Crippen LogP contribution is 2.39. The molecule has 0 aliphatic rings. The maximum absolute atomic E-state index is 12.9. The van der Waals surface area contributed by atoms with Crippen molar-refractivity contribution in [2.24, 2.45) is 10.2 Å². The Morgan fingerprint density at radius 1 is 1.03 bits per heavy atom. The van der Waals surface area contributed by atoms with E-state index in [-0.39, 0.29) is 28.6 Å². The zero-order valence-corrected chi connectivity index (χ0v) is 20.5. The van der Waals surface area contributed by atoms with Crippen LogP contribution in [0, 0.1) is 11.3 Å². The Bertz CT molecular complexity index is 1460. The monoisotopic (exact) mass is 517 g/mol. The van der Waals surface area contributed by atoms with Gasteiger partial charge in [-0.3, -0.25) is 14.4 Å². The number of H-pyrrole nitrogens is 1. The summed E-state index contributed by atoms with van der Waals surface area (Å²) in [6, 6.07) is 12.4. The molecule has 2 unspecified atom stereocenters. The minimum Gasteiger partial charge on any atom is -0.464 e. The molecular weight excluding hydrogens is 494 g/mol. The molecule has 0 saturated carbocycles. The quantitative estimate of drug-likeness (QED) is 0.231. The third-order valence-electron chi connectivity index (χ3n) is 4.80. The van der Waals surface area contributed by atoms with E-state index in [0.29, 0.717) is 5.69 Å². The summed E-state index contributed by atoms with van der Waals surface area (Å²) in [6.07, 6.45) is -1.68. The molecule has 3 rings (SSSR count). The summed E-state index contributed by atoms with van der Waals surface area (Å²) >= 11 is 0. The van der Waals surface area contributed by atoms with Crippen molar-refractivity contribution in [3.05, 3.63) is 58.5 Å². The Kier molecular flexibility index (Phi) is 8.22. The summed E-state index contributed by atoms with van der Waals surface area (Å²) in [6.45, 7) is 3.07. The van der Waals surface area contributed by atoms with E-state index in [4.69, 9.17) is 18.9 Å². The summed E-state index contributed by atoms with van der Waals surface area (Å²) in [4.78, 5) is 12.3. The first-order valence-corrected chi connectivity index (χ1v) is 11.8. The molecule has 0 aliphatic heterocycles. The van der Waals surface area contributed by atoms with Gasteiger partial charge in [-0.2, -0.15) is 13.7 Å². The normalized spacial score (nSPS) is 13.3. The number of azo groups is 1. The van der Waals surface area contributed by atoms with Crippen molar-refractivity contribution in [1.29, 1.82) is 5.26 Å². The van der Waals surface area contributed by atoms with Gasteiger partial charge in [0.15, 0.2) is 29.7 Å². The third-order valence-corrected chi connectivity index (χ3v) is 5.68. The molecule has 14 heteroatoms. The minimum absolute atomic E-state index is 0.0452. The van der Waals surface area contributed by atoms with Gasteiger partial charge in [-0.25, -0.2) is 4.68 Å². The van der Waals surface area contributed by atoms with Crippen LogP contribution in [0.2, 0.25) is 0 Å². The van der Waals surface area contributed by atoms with Crippen LogP contribution in [0.3, 0.4) is 0 Å². The second-order valence-electron chi connectivity index (χ2n) is 7.21. The molecule has 0 radical (unpaired) electrons. The number of nitrogens with zero attached hydrogens (tertiary/aromatic N) is 4. The SMILES string of the molecule is COC(C)Oc1cc(OC(C)OC)c(S(=O)(=O)O)cc1/N=N/c1c(C#N)[nH]n(-c2ccccc2)c1=O. The molecule has 0 spiro atoms. The second-order valence-corrected chi connectivity index (χ2v) is 8.60. The van der Waals surface area contributed by atoms with E-state index in [1.165, 1.54) is 21.1 Å². The number of aromatic nitrogens is 2. The van der Waals surface area contributed by atoms with Crippen molar-refractivity contribution in [2.45, 2.75) is 31.3 Å². The van der Waals surface area contributed by atoms with E-state index in [0.717, 1.165) is 16.8 Å². The van der Waals surface area contributed by atoms with Gasteiger partial charge in [0.25, 0.3) is 15.7 Å². The number of methoxy groups -OCH3 is 2. The number of hydrogen-bond acceptors (Lipinski definition) is 10. The largest absolute Gasteiger partial charge is 0.464 e. The molecule has 1 heterocycles. The van der Waals surface area contributed by atoms with Gasteiger partial charge in [-0.05, 0) is 32.0 Å². The van der Waals surface area contributed by atoms with Crippen LogP contribution in [0.15, 0.2) is 62.4 Å². The molecule has 0 fully saturated rings. The highest BCUT2D eigenvalue weighted by atomic mass is 32.2. The maximum atomic E-state index is 12.9. The van der Waals surface area contributed by atoms with Gasteiger partial charge in [-0.15, -0.1) is 10.2 Å². The third kappa shape index (κ3) is 5.96. The molecule has 2 aromatic carbocycles. The van der Waals surface area contributed by atoms with Gasteiger partial charge in [0.2, 0.25) is 0 Å². The van der Waals surface area contributed by atoms with Gasteiger partial charge in [0.1, 0.15) is 22.4 Å². The zero-order valence-electron chi connectivity index (χ0n) is 19.7. The highest BCUT2D eigenvalue weighted by molar-refractivity contribution is 7.86. The van der Waals surface area contributed by atoms with Gasteiger partial charge in [0.05, 0.1) is 5.69 Å². The van der Waals surface area contributed by atoms with Crippen LogP contribution in [0.5, 0.6) is 11.5 Å². The number of nitrogens with one attached hydrogen (secondary N) is 1. The van der Waals surface area contributed by atoms with Crippen LogP contribution < -0.4 is 15.0 Å². The number of rotatable bonds is 10. The first-order valence-electron chi connectivity index (χ1n) is 10.4. The molecular formula is C22H23N5O8S. The van der Waals surface area contributed by atoms with E-state index in [1.807, 2.05) is 6.07 Å². The fraction of sp³-hybridized carbons (Fsp3) is 0.273. The molecule has 190 valence electrons. The summed E-state index contributed by atoms with van der Waals surface area (Å²) in [5.41, 5.74) is -0.906. The molecule has 3 aromatic rings. The van der Waals surface area contributed by atoms with Crippen molar-refractivity contribution in [3.63, 3.8) is 0 Å². The fourth-order valence-corrected chi connectivity index (χ4v) is 3.53. The Morgan fingerprint density at radius 3 is 2.19 bits per heavy atom. The lowest BCUT2D eigenvalue weighted by Gasteiger charge is -2.19. The number of benzene rings is 2. The van der Waals surface area contributed by atoms with Gasteiger partial charge in [-0.1, -0.05) is 18.2 Å². The van der Waals surface area contributed by atoms with Crippen LogP contribution in [-0.4, -0.2) is 49.6 Å². The molecule has 36 heavy (non-hydrogen) atoms. The number of nitriles is 1. The molecule has 0 saturated heterocycles. The molecule has 2 atom stereocenters. The topological polar surface area (TPSA) is 178 Å². The molecule has 0 aliphatic carbocycles. The van der Waals surface area contributed by atoms with Crippen molar-refractivity contribution >= 4 is 21.5 Å². The van der Waals surface area contributed by atoms with E-state index < -0.39 is 33.2 Å². The van der Waals surface area contributed by atoms with E-state index in [2.05, 4.69) is 15.3 Å². The smallest absolute Gasteiger partial charge is 0.300 e. The van der Waals surface area contributed by atoms with Crippen molar-refractivity contribution < 1.29 is 31.9 Å². The summed E-state index contributed by atoms with van der Waals surface area (Å²) in [7, 11) is -2.06. The summed E-state index contributed by atoms with van der Waals surface area (Å²) in [5.74, 6) is -0.328. The average molecular weight is 518 g/mol. The number of aromatic amines is 1. The lowest BCUT2D eigenvalue weighted by atomic mass is 10.2. The van der Waals surface area contributed by atoms with Crippen LogP contribution in [-0.2, 0) is 19.6 Å². The molecule has 13 nitrogen and oxygen atoms in total. The average Bonchev–Trinajstić information content (AvgIpc) is 3.18. The van der Waals surface area contributed by atoms with Crippen LogP contribution in [0.25, 0.3) is 5.69 Å². The standard InChI is InChI=1S/C22H23N5O8S/c1-13(32-3)34-18-11-19(35-14(2)33-4)20(36(29,30)31)10-16(18)24-25-21-17(12-23)26-27(22(21)28)15-8-6-5-7-9-15/h5-11,13-14,26H,1-4H3,(H,29,30,31)/b25-24+. The van der Waals surface area contributed by atoms with Crippen molar-refractivity contribution in [1.82, 2.24) is 9.78 Å². The second kappa shape index (κ2) is 11.1. The predicted octanol–water partition coefficient (Wildman–Crippen LogP) is 3.44. The van der Waals surface area contributed by atoms with Gasteiger partial charge in [0, 0.05) is 20.3 Å². The van der Waals surface area contributed by atoms with Crippen molar-refractivity contribution in [3.8, 4) is 23.3 Å². The van der Waals surface area contributed by atoms with Crippen LogP contribution in [0.1, 0.15) is 19.5 Å². The number of hydrogen-bond donors (Lipinski definition) is 2. The van der Waals surface area contributed by atoms with Crippen LogP contribution >= 0.6 is 0 Å². The Hall–Kier alpha value is -4.03. The summed E-state index contributed by atoms with van der Waals surface area (Å²) in [5, 5.41) is 20.0. The molecule has 0 bridgehead atoms. The highest BCUT2D eigenvalue weighted by Gasteiger charge is 2.24. The lowest BCUT2D eigenvalue weighted by Crippen LogP contribution is -2.17. The number of ether oxygens (including phenoxy) is 4. The zero-order chi connectivity index (χ0) is 26.5. The number of para-hydroxylation sites is 1. The van der Waals surface area contributed by atoms with Crippen LogP contribution in [0.4, 0.5) is 11.4 Å². The Morgan fingerprint density at radius 2 is 1.64 bits per heavy atom. The molecule has 1 aromatic heterocycles. The Labute approximate surface area is 206 Å². The van der Waals surface area contributed by atoms with Gasteiger partial charge < -0.3 is 18.9 Å². The maximum Gasteiger partial charge on any atom is 0.300 e. The fourth-order valence-electron chi connectivity index (χ4n) is 2.91. The Balaban J connectivity index is 2.17. The first kappa shape index (κ1) is 26.6. The van der Waals surface area contributed by atoms with E-state index in [9.17, 15) is 23.0 Å². The van der Waals surface area contributed by atoms with Gasteiger partial charge >= 0.3 is 0 Å². The molecule has 2 N–H and O–H groups in total. The first-order chi connectivity index (χ1) is 17.1.